The largest absolute Gasteiger partial charge is 0.494 e. The van der Waals surface area contributed by atoms with Crippen molar-refractivity contribution in [3.8, 4) is 11.8 Å². The summed E-state index contributed by atoms with van der Waals surface area (Å²) in [4.78, 5) is 8.62. The van der Waals surface area contributed by atoms with Gasteiger partial charge in [-0.15, -0.1) is 0 Å². The standard InChI is InChI=1S/C19H33N3O4/c1-6-11-26-22-18(2,3)16(20-9-12-25-13-10-20)17(19(22,4)5)21-14(23)7-8-15(21)24/h7-8,16-17,23-24H,6,9-13H2,1-5H3. The lowest BCUT2D eigenvalue weighted by molar-refractivity contribution is -0.247. The van der Waals surface area contributed by atoms with Crippen LogP contribution in [0, 0.1) is 0 Å². The molecule has 0 aliphatic carbocycles. The van der Waals surface area contributed by atoms with Gasteiger partial charge in [-0.1, -0.05) is 6.92 Å². The summed E-state index contributed by atoms with van der Waals surface area (Å²) in [5, 5.41) is 23.0. The number of aromatic nitrogens is 1. The first-order valence-corrected chi connectivity index (χ1v) is 9.57. The zero-order valence-corrected chi connectivity index (χ0v) is 16.6. The van der Waals surface area contributed by atoms with Crippen LogP contribution in [0.4, 0.5) is 0 Å². The van der Waals surface area contributed by atoms with E-state index in [1.165, 1.54) is 0 Å². The Morgan fingerprint density at radius 2 is 1.58 bits per heavy atom. The number of aromatic hydroxyl groups is 2. The van der Waals surface area contributed by atoms with Crippen LogP contribution in [0.1, 0.15) is 47.1 Å². The van der Waals surface area contributed by atoms with Crippen molar-refractivity contribution in [1.29, 1.82) is 0 Å². The van der Waals surface area contributed by atoms with Gasteiger partial charge in [0.1, 0.15) is 0 Å². The molecule has 26 heavy (non-hydrogen) atoms. The van der Waals surface area contributed by atoms with E-state index in [0.717, 1.165) is 19.5 Å². The molecule has 7 heteroatoms. The summed E-state index contributed by atoms with van der Waals surface area (Å²) in [5.41, 5.74) is -0.751. The molecule has 2 N–H and O–H groups in total. The molecule has 0 saturated carbocycles. The second-order valence-electron chi connectivity index (χ2n) is 8.39. The lowest BCUT2D eigenvalue weighted by atomic mass is 9.87. The van der Waals surface area contributed by atoms with Gasteiger partial charge in [0.05, 0.1) is 43.0 Å². The summed E-state index contributed by atoms with van der Waals surface area (Å²) in [5.74, 6) is 0.152. The maximum atomic E-state index is 10.5. The fourth-order valence-corrected chi connectivity index (χ4v) is 4.94. The monoisotopic (exact) mass is 367 g/mol. The van der Waals surface area contributed by atoms with Crippen LogP contribution >= 0.6 is 0 Å². The van der Waals surface area contributed by atoms with Crippen molar-refractivity contribution in [3.63, 3.8) is 0 Å². The van der Waals surface area contributed by atoms with Crippen molar-refractivity contribution in [2.75, 3.05) is 32.9 Å². The molecule has 2 fully saturated rings. The molecule has 0 bridgehead atoms. The molecule has 0 spiro atoms. The van der Waals surface area contributed by atoms with E-state index in [1.807, 2.05) is 0 Å². The van der Waals surface area contributed by atoms with E-state index < -0.39 is 5.54 Å². The minimum Gasteiger partial charge on any atom is -0.494 e. The summed E-state index contributed by atoms with van der Waals surface area (Å²) in [6.45, 7) is 14.4. The fraction of sp³-hybridized carbons (Fsp3) is 0.789. The Labute approximate surface area is 156 Å². The van der Waals surface area contributed by atoms with Crippen LogP contribution in [-0.4, -0.2) is 74.8 Å². The first-order valence-electron chi connectivity index (χ1n) is 9.57. The summed E-state index contributed by atoms with van der Waals surface area (Å²) in [6.07, 6.45) is 0.926. The molecule has 1 aromatic heterocycles. The van der Waals surface area contributed by atoms with Crippen LogP contribution in [-0.2, 0) is 9.57 Å². The molecule has 2 atom stereocenters. The number of ether oxygens (including phenoxy) is 1. The lowest BCUT2D eigenvalue weighted by Gasteiger charge is -2.43. The molecule has 1 aromatic rings. The Kier molecular flexibility index (Phi) is 5.27. The maximum absolute atomic E-state index is 10.5. The van der Waals surface area contributed by atoms with E-state index in [0.29, 0.717) is 19.8 Å². The molecule has 3 rings (SSSR count). The van der Waals surface area contributed by atoms with Gasteiger partial charge in [0.15, 0.2) is 11.8 Å². The summed E-state index contributed by atoms with van der Waals surface area (Å²) in [6, 6.07) is 2.96. The van der Waals surface area contributed by atoms with Crippen molar-refractivity contribution in [3.05, 3.63) is 12.1 Å². The second kappa shape index (κ2) is 7.03. The first-order chi connectivity index (χ1) is 12.2. The Bertz CT molecular complexity index is 603. The highest BCUT2D eigenvalue weighted by Crippen LogP contribution is 2.52. The third kappa shape index (κ3) is 3.01. The summed E-state index contributed by atoms with van der Waals surface area (Å²) in [7, 11) is 0. The molecule has 148 valence electrons. The highest BCUT2D eigenvalue weighted by molar-refractivity contribution is 5.29. The number of rotatable bonds is 5. The molecule has 7 nitrogen and oxygen atoms in total. The van der Waals surface area contributed by atoms with Gasteiger partial charge in [0, 0.05) is 25.2 Å². The number of hydrogen-bond acceptors (Lipinski definition) is 6. The van der Waals surface area contributed by atoms with E-state index in [1.54, 1.807) is 16.7 Å². The van der Waals surface area contributed by atoms with Crippen LogP contribution < -0.4 is 0 Å². The minimum atomic E-state index is -0.435. The molecule has 2 saturated heterocycles. The van der Waals surface area contributed by atoms with E-state index in [4.69, 9.17) is 9.57 Å². The maximum Gasteiger partial charge on any atom is 0.194 e. The molecular formula is C19H33N3O4. The van der Waals surface area contributed by atoms with Gasteiger partial charge in [-0.05, 0) is 34.1 Å². The van der Waals surface area contributed by atoms with Crippen LogP contribution in [0.2, 0.25) is 0 Å². The highest BCUT2D eigenvalue weighted by Gasteiger charge is 2.62. The quantitative estimate of drug-likeness (QED) is 0.833. The molecule has 0 amide bonds. The Morgan fingerprint density at radius 1 is 1.04 bits per heavy atom. The van der Waals surface area contributed by atoms with Crippen LogP contribution in [0.15, 0.2) is 12.1 Å². The first kappa shape index (κ1) is 19.5. The Balaban J connectivity index is 2.09. The number of hydroxylamine groups is 2. The highest BCUT2D eigenvalue weighted by atomic mass is 16.7. The molecule has 2 aliphatic rings. The molecule has 0 radical (unpaired) electrons. The van der Waals surface area contributed by atoms with E-state index in [2.05, 4.69) is 44.6 Å². The van der Waals surface area contributed by atoms with E-state index in [-0.39, 0.29) is 29.4 Å². The second-order valence-corrected chi connectivity index (χ2v) is 8.39. The number of morpholine rings is 1. The van der Waals surface area contributed by atoms with Crippen LogP contribution in [0.5, 0.6) is 11.8 Å². The van der Waals surface area contributed by atoms with Gasteiger partial charge < -0.3 is 14.9 Å². The molecular weight excluding hydrogens is 334 g/mol. The van der Waals surface area contributed by atoms with Gasteiger partial charge in [0.2, 0.25) is 0 Å². The topological polar surface area (TPSA) is 70.3 Å². The van der Waals surface area contributed by atoms with E-state index >= 15 is 0 Å². The third-order valence-electron chi connectivity index (χ3n) is 5.81. The van der Waals surface area contributed by atoms with Crippen LogP contribution in [0.3, 0.4) is 0 Å². The molecule has 0 aromatic carbocycles. The number of nitrogens with zero attached hydrogens (tertiary/aromatic N) is 3. The predicted molar refractivity (Wildman–Crippen MR) is 99.2 cm³/mol. The lowest BCUT2D eigenvalue weighted by Crippen LogP contribution is -2.57. The number of hydrogen-bond donors (Lipinski definition) is 2. The smallest absolute Gasteiger partial charge is 0.194 e. The SMILES string of the molecule is CCCON1C(C)(C)C(N2CCOCC2)C(n2c(O)ccc2O)C1(C)C. The van der Waals surface area contributed by atoms with Crippen molar-refractivity contribution in [2.45, 2.75) is 64.2 Å². The molecule has 2 aliphatic heterocycles. The zero-order valence-electron chi connectivity index (χ0n) is 16.6. The fourth-order valence-electron chi connectivity index (χ4n) is 4.94. The van der Waals surface area contributed by atoms with E-state index in [9.17, 15) is 10.2 Å². The van der Waals surface area contributed by atoms with Crippen LogP contribution in [0.25, 0.3) is 0 Å². The van der Waals surface area contributed by atoms with Gasteiger partial charge in [0.25, 0.3) is 0 Å². The Morgan fingerprint density at radius 3 is 2.12 bits per heavy atom. The predicted octanol–water partition coefficient (Wildman–Crippen LogP) is 2.36. The zero-order chi connectivity index (χ0) is 19.1. The van der Waals surface area contributed by atoms with Gasteiger partial charge in [-0.3, -0.25) is 14.3 Å². The van der Waals surface area contributed by atoms with Gasteiger partial charge in [-0.25, -0.2) is 0 Å². The average Bonchev–Trinajstić information content (AvgIpc) is 2.98. The van der Waals surface area contributed by atoms with Crippen molar-refractivity contribution in [2.24, 2.45) is 0 Å². The van der Waals surface area contributed by atoms with Crippen molar-refractivity contribution in [1.82, 2.24) is 14.5 Å². The summed E-state index contributed by atoms with van der Waals surface area (Å²) >= 11 is 0. The third-order valence-corrected chi connectivity index (χ3v) is 5.81. The summed E-state index contributed by atoms with van der Waals surface area (Å²) < 4.78 is 7.20. The molecule has 2 unspecified atom stereocenters. The minimum absolute atomic E-state index is 0.0439. The van der Waals surface area contributed by atoms with Crippen molar-refractivity contribution >= 4 is 0 Å². The van der Waals surface area contributed by atoms with Crippen molar-refractivity contribution < 1.29 is 19.8 Å². The Hall–Kier alpha value is -1.28. The average molecular weight is 367 g/mol. The van der Waals surface area contributed by atoms with Gasteiger partial charge >= 0.3 is 0 Å². The molecule has 3 heterocycles. The van der Waals surface area contributed by atoms with Gasteiger partial charge in [-0.2, -0.15) is 5.06 Å². The normalized spacial score (nSPS) is 29.3.